The Hall–Kier alpha value is -1.82. The molecule has 1 heterocycles. The minimum absolute atomic E-state index is 0.0728. The molecule has 0 aliphatic carbocycles. The Morgan fingerprint density at radius 1 is 1.37 bits per heavy atom. The number of nitrogens with zero attached hydrogens (tertiary/aromatic N) is 3. The van der Waals surface area contributed by atoms with Crippen molar-refractivity contribution in [3.8, 4) is 0 Å². The summed E-state index contributed by atoms with van der Waals surface area (Å²) in [6.07, 6.45) is 3.78. The number of aliphatic hydroxyl groups is 1. The van der Waals surface area contributed by atoms with Crippen LogP contribution < -0.4 is 0 Å². The molecule has 1 N–H and O–H groups in total. The molecule has 102 valence electrons. The van der Waals surface area contributed by atoms with Crippen LogP contribution in [0.25, 0.3) is 0 Å². The van der Waals surface area contributed by atoms with Crippen molar-refractivity contribution in [1.29, 1.82) is 0 Å². The zero-order valence-corrected chi connectivity index (χ0v) is 10.6. The predicted octanol–water partition coefficient (Wildman–Crippen LogP) is 2.24. The van der Waals surface area contributed by atoms with Crippen molar-refractivity contribution in [3.05, 3.63) is 48.1 Å². The Balaban J connectivity index is 2.37. The molecule has 1 unspecified atom stereocenters. The number of benzene rings is 1. The molecule has 0 aliphatic heterocycles. The van der Waals surface area contributed by atoms with Gasteiger partial charge >= 0.3 is 0 Å². The molecule has 2 rings (SSSR count). The molecule has 4 nitrogen and oxygen atoms in total. The van der Waals surface area contributed by atoms with Crippen LogP contribution in [0.1, 0.15) is 25.3 Å². The number of halogens is 2. The van der Waals surface area contributed by atoms with Crippen LogP contribution >= 0.6 is 0 Å². The van der Waals surface area contributed by atoms with Crippen molar-refractivity contribution >= 4 is 0 Å². The lowest BCUT2D eigenvalue weighted by Crippen LogP contribution is -2.32. The second-order valence-corrected chi connectivity index (χ2v) is 4.50. The van der Waals surface area contributed by atoms with Gasteiger partial charge in [0.25, 0.3) is 0 Å². The van der Waals surface area contributed by atoms with E-state index in [9.17, 15) is 13.9 Å². The van der Waals surface area contributed by atoms with Gasteiger partial charge in [-0.15, -0.1) is 0 Å². The molecule has 0 amide bonds. The van der Waals surface area contributed by atoms with Gasteiger partial charge < -0.3 is 5.11 Å². The molecule has 19 heavy (non-hydrogen) atoms. The highest BCUT2D eigenvalue weighted by Gasteiger charge is 2.32. The Morgan fingerprint density at radius 3 is 2.74 bits per heavy atom. The maximum absolute atomic E-state index is 13.9. The molecule has 0 saturated carbocycles. The van der Waals surface area contributed by atoms with E-state index in [4.69, 9.17) is 0 Å². The standard InChI is InChI=1S/C13H15F2N3O/c1-2-5-13(19,7-18-9-16-8-17-18)11-4-3-10(14)6-12(11)15/h3-4,6,8-9,19H,2,5,7H2,1H3. The molecule has 1 aromatic heterocycles. The van der Waals surface area contributed by atoms with Crippen LogP contribution in [0.15, 0.2) is 30.9 Å². The molecular weight excluding hydrogens is 252 g/mol. The third-order valence-corrected chi connectivity index (χ3v) is 2.99. The first-order chi connectivity index (χ1) is 9.05. The Morgan fingerprint density at radius 2 is 2.16 bits per heavy atom. The Bertz CT molecular complexity index is 545. The van der Waals surface area contributed by atoms with Crippen LogP contribution in [0, 0.1) is 11.6 Å². The average molecular weight is 267 g/mol. The summed E-state index contributed by atoms with van der Waals surface area (Å²) in [5.74, 6) is -1.42. The van der Waals surface area contributed by atoms with Crippen molar-refractivity contribution in [3.63, 3.8) is 0 Å². The molecule has 2 aromatic rings. The summed E-state index contributed by atoms with van der Waals surface area (Å²) in [4.78, 5) is 3.78. The van der Waals surface area contributed by atoms with Crippen molar-refractivity contribution in [1.82, 2.24) is 14.8 Å². The number of rotatable bonds is 5. The van der Waals surface area contributed by atoms with E-state index in [1.807, 2.05) is 6.92 Å². The lowest BCUT2D eigenvalue weighted by Gasteiger charge is -2.28. The van der Waals surface area contributed by atoms with E-state index in [1.165, 1.54) is 23.4 Å². The first kappa shape index (κ1) is 13.6. The molecule has 6 heteroatoms. The highest BCUT2D eigenvalue weighted by Crippen LogP contribution is 2.30. The van der Waals surface area contributed by atoms with E-state index >= 15 is 0 Å². The third-order valence-electron chi connectivity index (χ3n) is 2.99. The number of aromatic nitrogens is 3. The van der Waals surface area contributed by atoms with Crippen LogP contribution in [0.2, 0.25) is 0 Å². The number of hydrogen-bond donors (Lipinski definition) is 1. The van der Waals surface area contributed by atoms with Gasteiger partial charge in [0.2, 0.25) is 0 Å². The fraction of sp³-hybridized carbons (Fsp3) is 0.385. The van der Waals surface area contributed by atoms with Gasteiger partial charge in [0, 0.05) is 11.6 Å². The fourth-order valence-corrected chi connectivity index (χ4v) is 2.16. The molecule has 0 saturated heterocycles. The van der Waals surface area contributed by atoms with Crippen molar-refractivity contribution in [2.24, 2.45) is 0 Å². The second kappa shape index (κ2) is 5.44. The first-order valence-electron chi connectivity index (χ1n) is 6.05. The molecule has 0 radical (unpaired) electrons. The quantitative estimate of drug-likeness (QED) is 0.904. The predicted molar refractivity (Wildman–Crippen MR) is 65.2 cm³/mol. The van der Waals surface area contributed by atoms with E-state index in [-0.39, 0.29) is 12.1 Å². The van der Waals surface area contributed by atoms with E-state index in [0.717, 1.165) is 12.1 Å². The second-order valence-electron chi connectivity index (χ2n) is 4.50. The Kier molecular flexibility index (Phi) is 3.90. The van der Waals surface area contributed by atoms with Gasteiger partial charge in [-0.2, -0.15) is 5.10 Å². The van der Waals surface area contributed by atoms with Crippen LogP contribution in [0.4, 0.5) is 8.78 Å². The normalized spacial score (nSPS) is 14.3. The van der Waals surface area contributed by atoms with Gasteiger partial charge in [-0.1, -0.05) is 19.4 Å². The molecule has 0 aliphatic rings. The minimum atomic E-state index is -1.43. The maximum Gasteiger partial charge on any atom is 0.137 e. The summed E-state index contributed by atoms with van der Waals surface area (Å²) in [5.41, 5.74) is -1.36. The number of hydrogen-bond acceptors (Lipinski definition) is 3. The zero-order valence-electron chi connectivity index (χ0n) is 10.6. The minimum Gasteiger partial charge on any atom is -0.383 e. The molecule has 1 atom stereocenters. The van der Waals surface area contributed by atoms with Crippen LogP contribution in [-0.2, 0) is 12.1 Å². The zero-order chi connectivity index (χ0) is 13.9. The molecule has 1 aromatic carbocycles. The van der Waals surface area contributed by atoms with Crippen molar-refractivity contribution in [2.45, 2.75) is 31.9 Å². The first-order valence-corrected chi connectivity index (χ1v) is 6.05. The maximum atomic E-state index is 13.9. The Labute approximate surface area is 109 Å². The smallest absolute Gasteiger partial charge is 0.137 e. The van der Waals surface area contributed by atoms with Gasteiger partial charge in [-0.05, 0) is 12.5 Å². The molecule has 0 bridgehead atoms. The summed E-state index contributed by atoms with van der Waals surface area (Å²) in [6, 6.07) is 3.19. The third kappa shape index (κ3) is 2.96. The van der Waals surface area contributed by atoms with Gasteiger partial charge in [0.15, 0.2) is 0 Å². The van der Waals surface area contributed by atoms with Crippen LogP contribution in [-0.4, -0.2) is 19.9 Å². The topological polar surface area (TPSA) is 50.9 Å². The summed E-state index contributed by atoms with van der Waals surface area (Å²) in [5, 5.41) is 14.6. The summed E-state index contributed by atoms with van der Waals surface area (Å²) in [7, 11) is 0. The highest BCUT2D eigenvalue weighted by molar-refractivity contribution is 5.25. The van der Waals surface area contributed by atoms with E-state index in [1.54, 1.807) is 0 Å². The lowest BCUT2D eigenvalue weighted by molar-refractivity contribution is 0.00225. The fourth-order valence-electron chi connectivity index (χ4n) is 2.16. The largest absolute Gasteiger partial charge is 0.383 e. The highest BCUT2D eigenvalue weighted by atomic mass is 19.1. The molecular formula is C13H15F2N3O. The lowest BCUT2D eigenvalue weighted by atomic mass is 9.88. The van der Waals surface area contributed by atoms with E-state index in [2.05, 4.69) is 10.1 Å². The van der Waals surface area contributed by atoms with Gasteiger partial charge in [0.1, 0.15) is 29.9 Å². The van der Waals surface area contributed by atoms with Crippen molar-refractivity contribution < 1.29 is 13.9 Å². The van der Waals surface area contributed by atoms with Gasteiger partial charge in [-0.25, -0.2) is 18.4 Å². The average Bonchev–Trinajstić information content (AvgIpc) is 2.81. The summed E-state index contributed by atoms with van der Waals surface area (Å²) >= 11 is 0. The molecule has 0 fully saturated rings. The van der Waals surface area contributed by atoms with E-state index in [0.29, 0.717) is 12.8 Å². The van der Waals surface area contributed by atoms with Gasteiger partial charge in [0.05, 0.1) is 6.54 Å². The van der Waals surface area contributed by atoms with Crippen LogP contribution in [0.3, 0.4) is 0 Å². The monoisotopic (exact) mass is 267 g/mol. The summed E-state index contributed by atoms with van der Waals surface area (Å²) in [6.45, 7) is 1.96. The molecule has 0 spiro atoms. The van der Waals surface area contributed by atoms with Crippen LogP contribution in [0.5, 0.6) is 0 Å². The SMILES string of the molecule is CCCC(O)(Cn1cncn1)c1ccc(F)cc1F. The van der Waals surface area contributed by atoms with E-state index < -0.39 is 17.2 Å². The van der Waals surface area contributed by atoms with Crippen molar-refractivity contribution in [2.75, 3.05) is 0 Å². The summed E-state index contributed by atoms with van der Waals surface area (Å²) < 4.78 is 28.2. The van der Waals surface area contributed by atoms with Gasteiger partial charge in [-0.3, -0.25) is 0 Å².